The summed E-state index contributed by atoms with van der Waals surface area (Å²) in [6.45, 7) is 0. The fraction of sp³-hybridized carbons (Fsp3) is 0. The van der Waals surface area contributed by atoms with Crippen molar-refractivity contribution in [1.82, 2.24) is 24.5 Å². The number of rotatable bonds is 1. The molecule has 0 spiro atoms. The number of fused-ring (bicyclic) bond motifs is 3. The highest BCUT2D eigenvalue weighted by atomic mass is 32.1. The Kier molecular flexibility index (Phi) is 2.20. The third-order valence-electron chi connectivity index (χ3n) is 2.38. The Hall–Kier alpha value is -2.55. The highest BCUT2D eigenvalue weighted by Crippen LogP contribution is 2.07. The van der Waals surface area contributed by atoms with Gasteiger partial charge in [0.05, 0.1) is 6.20 Å². The molecule has 3 N–H and O–H groups in total. The zero-order valence-corrected chi connectivity index (χ0v) is 9.76. The van der Waals surface area contributed by atoms with E-state index < -0.39 is 5.56 Å². The summed E-state index contributed by atoms with van der Waals surface area (Å²) in [5, 5.41) is 11.8. The maximum absolute atomic E-state index is 12.1. The minimum Gasteiger partial charge on any atom is -0.375 e. The third-order valence-corrected chi connectivity index (χ3v) is 2.47. The number of pyridine rings is 1. The Morgan fingerprint density at radius 3 is 3.00 bits per heavy atom. The van der Waals surface area contributed by atoms with E-state index >= 15 is 0 Å². The molecular formula is C9H7N7OS. The van der Waals surface area contributed by atoms with E-state index in [1.165, 1.54) is 10.7 Å². The second-order valence-electron chi connectivity index (χ2n) is 3.50. The fourth-order valence-electron chi connectivity index (χ4n) is 1.65. The Labute approximate surface area is 105 Å². The molecule has 0 atom stereocenters. The Morgan fingerprint density at radius 2 is 2.22 bits per heavy atom. The average Bonchev–Trinajstić information content (AvgIpc) is 2.80. The van der Waals surface area contributed by atoms with Crippen LogP contribution in [0, 0.1) is 0 Å². The molecule has 0 aliphatic carbocycles. The molecule has 3 aromatic heterocycles. The molecule has 0 bridgehead atoms. The van der Waals surface area contributed by atoms with Gasteiger partial charge in [-0.05, 0) is 18.3 Å². The Morgan fingerprint density at radius 1 is 1.39 bits per heavy atom. The molecule has 0 saturated carbocycles. The van der Waals surface area contributed by atoms with Gasteiger partial charge < -0.3 is 5.73 Å². The van der Waals surface area contributed by atoms with Gasteiger partial charge in [0.2, 0.25) is 0 Å². The fourth-order valence-corrected chi connectivity index (χ4v) is 1.74. The molecule has 18 heavy (non-hydrogen) atoms. The van der Waals surface area contributed by atoms with E-state index in [-0.39, 0.29) is 10.6 Å². The van der Waals surface area contributed by atoms with Gasteiger partial charge in [0, 0.05) is 12.3 Å². The molecule has 0 amide bonds. The van der Waals surface area contributed by atoms with Crippen LogP contribution < -0.4 is 16.7 Å². The number of aromatic nitrogens is 5. The van der Waals surface area contributed by atoms with Gasteiger partial charge in [-0.15, -0.1) is 10.2 Å². The van der Waals surface area contributed by atoms with Crippen LogP contribution in [0.15, 0.2) is 29.3 Å². The number of thiocarbonyl (C=S) groups is 1. The van der Waals surface area contributed by atoms with Gasteiger partial charge in [0.25, 0.3) is 5.56 Å². The van der Waals surface area contributed by atoms with E-state index in [0.29, 0.717) is 11.2 Å². The second kappa shape index (κ2) is 3.74. The molecule has 0 radical (unpaired) electrons. The van der Waals surface area contributed by atoms with Crippen LogP contribution in [0.1, 0.15) is 0 Å². The lowest BCUT2D eigenvalue weighted by Gasteiger charge is -2.07. The van der Waals surface area contributed by atoms with E-state index in [2.05, 4.69) is 32.9 Å². The van der Waals surface area contributed by atoms with Crippen LogP contribution in [0.25, 0.3) is 16.7 Å². The monoisotopic (exact) mass is 261 g/mol. The number of hydrogen-bond donors (Lipinski definition) is 2. The van der Waals surface area contributed by atoms with E-state index in [1.807, 2.05) is 0 Å². The van der Waals surface area contributed by atoms with E-state index in [4.69, 9.17) is 5.73 Å². The molecular weight excluding hydrogens is 254 g/mol. The van der Waals surface area contributed by atoms with Gasteiger partial charge in [0.1, 0.15) is 5.52 Å². The molecule has 9 heteroatoms. The van der Waals surface area contributed by atoms with Crippen molar-refractivity contribution in [3.8, 4) is 0 Å². The zero-order valence-electron chi connectivity index (χ0n) is 8.94. The van der Waals surface area contributed by atoms with Crippen molar-refractivity contribution in [2.24, 2.45) is 5.73 Å². The lowest BCUT2D eigenvalue weighted by atomic mass is 10.4. The van der Waals surface area contributed by atoms with Crippen molar-refractivity contribution in [3.63, 3.8) is 0 Å². The molecule has 3 heterocycles. The minimum atomic E-state index is -0.398. The average molecular weight is 261 g/mol. The van der Waals surface area contributed by atoms with Crippen LogP contribution in [0.2, 0.25) is 0 Å². The maximum atomic E-state index is 12.1. The molecule has 0 aliphatic rings. The molecule has 8 nitrogen and oxygen atoms in total. The third kappa shape index (κ3) is 1.49. The Bertz CT molecular complexity index is 821. The molecule has 0 aromatic carbocycles. The standard InChI is InChI=1S/C9H7N7OS/c10-9(18)14-15-4-2-5-7(8(15)17)13-12-6-1-3-11-16(5)6/h1-4H,(H3,10,14,18). The molecule has 0 saturated heterocycles. The van der Waals surface area contributed by atoms with Crippen LogP contribution in [0.3, 0.4) is 0 Å². The molecule has 0 aliphatic heterocycles. The topological polar surface area (TPSA) is 103 Å². The summed E-state index contributed by atoms with van der Waals surface area (Å²) in [4.78, 5) is 12.1. The van der Waals surface area contributed by atoms with Gasteiger partial charge >= 0.3 is 0 Å². The van der Waals surface area contributed by atoms with Gasteiger partial charge in [-0.3, -0.25) is 10.2 Å². The van der Waals surface area contributed by atoms with E-state index in [1.54, 1.807) is 18.3 Å². The smallest absolute Gasteiger partial charge is 0.299 e. The minimum absolute atomic E-state index is 0.00965. The highest BCUT2D eigenvalue weighted by Gasteiger charge is 2.09. The highest BCUT2D eigenvalue weighted by molar-refractivity contribution is 7.80. The number of hydrogen-bond acceptors (Lipinski definition) is 5. The first-order valence-corrected chi connectivity index (χ1v) is 5.36. The lowest BCUT2D eigenvalue weighted by molar-refractivity contribution is 0.888. The SMILES string of the molecule is NC(=S)Nn1ccc2c(nnc3ccnn32)c1=O. The predicted molar refractivity (Wildman–Crippen MR) is 68.7 cm³/mol. The van der Waals surface area contributed by atoms with Crippen LogP contribution >= 0.6 is 12.2 Å². The molecule has 3 rings (SSSR count). The predicted octanol–water partition coefficient (Wildman–Crippen LogP) is -0.774. The van der Waals surface area contributed by atoms with E-state index in [0.717, 1.165) is 4.68 Å². The van der Waals surface area contributed by atoms with Gasteiger partial charge in [-0.2, -0.15) is 5.10 Å². The zero-order chi connectivity index (χ0) is 12.7. The van der Waals surface area contributed by atoms with Gasteiger partial charge in [0.15, 0.2) is 16.3 Å². The van der Waals surface area contributed by atoms with Crippen LogP contribution in [-0.2, 0) is 0 Å². The Balaban J connectivity index is 2.35. The van der Waals surface area contributed by atoms with Crippen molar-refractivity contribution in [2.75, 3.05) is 5.43 Å². The van der Waals surface area contributed by atoms with Crippen molar-refractivity contribution in [3.05, 3.63) is 34.9 Å². The van der Waals surface area contributed by atoms with Gasteiger partial charge in [-0.25, -0.2) is 9.19 Å². The van der Waals surface area contributed by atoms with E-state index in [9.17, 15) is 4.79 Å². The van der Waals surface area contributed by atoms with Crippen LogP contribution in [0.5, 0.6) is 0 Å². The lowest BCUT2D eigenvalue weighted by Crippen LogP contribution is -2.36. The van der Waals surface area contributed by atoms with Crippen molar-refractivity contribution < 1.29 is 0 Å². The number of nitrogens with zero attached hydrogens (tertiary/aromatic N) is 5. The molecule has 3 aromatic rings. The quantitative estimate of drug-likeness (QED) is 0.554. The summed E-state index contributed by atoms with van der Waals surface area (Å²) in [6.07, 6.45) is 3.09. The van der Waals surface area contributed by atoms with Crippen LogP contribution in [0.4, 0.5) is 0 Å². The first kappa shape index (κ1) is 10.6. The number of nitrogens with two attached hydrogens (primary N) is 1. The molecule has 0 unspecified atom stereocenters. The maximum Gasteiger partial charge on any atom is 0.299 e. The summed E-state index contributed by atoms with van der Waals surface area (Å²) in [5.41, 5.74) is 8.76. The summed E-state index contributed by atoms with van der Waals surface area (Å²) in [5.74, 6) is 0. The summed E-state index contributed by atoms with van der Waals surface area (Å²) in [7, 11) is 0. The summed E-state index contributed by atoms with van der Waals surface area (Å²) < 4.78 is 2.68. The van der Waals surface area contributed by atoms with Gasteiger partial charge in [-0.1, -0.05) is 0 Å². The first-order chi connectivity index (χ1) is 8.66. The normalized spacial score (nSPS) is 10.9. The van der Waals surface area contributed by atoms with Crippen molar-refractivity contribution in [2.45, 2.75) is 0 Å². The first-order valence-electron chi connectivity index (χ1n) is 4.95. The summed E-state index contributed by atoms with van der Waals surface area (Å²) in [6, 6.07) is 3.38. The largest absolute Gasteiger partial charge is 0.375 e. The molecule has 0 fully saturated rings. The molecule has 90 valence electrons. The second-order valence-corrected chi connectivity index (χ2v) is 3.94. The van der Waals surface area contributed by atoms with Crippen molar-refractivity contribution in [1.29, 1.82) is 0 Å². The van der Waals surface area contributed by atoms with Crippen LogP contribution in [-0.4, -0.2) is 29.6 Å². The summed E-state index contributed by atoms with van der Waals surface area (Å²) >= 11 is 4.68. The van der Waals surface area contributed by atoms with Crippen molar-refractivity contribution >= 4 is 34.0 Å². The number of nitrogens with one attached hydrogen (secondary N) is 1.